The highest BCUT2D eigenvalue weighted by atomic mass is 32.2. The maximum Gasteiger partial charge on any atom is 0.193 e. The van der Waals surface area contributed by atoms with Crippen LogP contribution in [0.15, 0.2) is 35.5 Å². The van der Waals surface area contributed by atoms with Gasteiger partial charge < -0.3 is 15.2 Å². The summed E-state index contributed by atoms with van der Waals surface area (Å²) >= 11 is 2.09. The quantitative estimate of drug-likeness (QED) is 0.669. The van der Waals surface area contributed by atoms with E-state index in [-0.39, 0.29) is 0 Å². The molecule has 0 spiro atoms. The Balaban J connectivity index is 1.56. The Morgan fingerprint density at radius 1 is 1.43 bits per heavy atom. The summed E-state index contributed by atoms with van der Waals surface area (Å²) in [6.45, 7) is 5.38. The van der Waals surface area contributed by atoms with E-state index in [0.29, 0.717) is 0 Å². The van der Waals surface area contributed by atoms with Crippen LogP contribution in [0.3, 0.4) is 0 Å². The molecule has 1 aliphatic rings. The highest BCUT2D eigenvalue weighted by molar-refractivity contribution is 8.00. The molecule has 1 unspecified atom stereocenters. The Morgan fingerprint density at radius 2 is 2.30 bits per heavy atom. The number of H-pyrrole nitrogens is 1. The van der Waals surface area contributed by atoms with Gasteiger partial charge in [-0.25, -0.2) is 0 Å². The zero-order valence-corrected chi connectivity index (χ0v) is 14.8. The van der Waals surface area contributed by atoms with Crippen molar-refractivity contribution in [3.8, 4) is 0 Å². The van der Waals surface area contributed by atoms with Gasteiger partial charge in [0.2, 0.25) is 0 Å². The van der Waals surface area contributed by atoms with Crippen molar-refractivity contribution < 1.29 is 0 Å². The van der Waals surface area contributed by atoms with Gasteiger partial charge in [-0.2, -0.15) is 11.8 Å². The Kier molecular flexibility index (Phi) is 5.49. The van der Waals surface area contributed by atoms with Gasteiger partial charge in [0.25, 0.3) is 0 Å². The molecule has 4 nitrogen and oxygen atoms in total. The van der Waals surface area contributed by atoms with Crippen molar-refractivity contribution >= 4 is 28.6 Å². The van der Waals surface area contributed by atoms with Crippen molar-refractivity contribution in [3.63, 3.8) is 0 Å². The van der Waals surface area contributed by atoms with Crippen LogP contribution < -0.4 is 5.32 Å². The first-order valence-corrected chi connectivity index (χ1v) is 9.49. The Hall–Kier alpha value is -1.62. The number of rotatable bonds is 4. The number of nitrogens with one attached hydrogen (secondary N) is 2. The van der Waals surface area contributed by atoms with E-state index in [1.807, 2.05) is 7.05 Å². The van der Waals surface area contributed by atoms with Gasteiger partial charge in [0.05, 0.1) is 0 Å². The van der Waals surface area contributed by atoms with Gasteiger partial charge >= 0.3 is 0 Å². The summed E-state index contributed by atoms with van der Waals surface area (Å²) in [5.41, 5.74) is 2.58. The van der Waals surface area contributed by atoms with E-state index in [9.17, 15) is 0 Å². The lowest BCUT2D eigenvalue weighted by Gasteiger charge is -2.34. The van der Waals surface area contributed by atoms with Crippen LogP contribution in [0.25, 0.3) is 10.9 Å². The number of nitrogens with zero attached hydrogens (tertiary/aromatic N) is 2. The van der Waals surface area contributed by atoms with E-state index < -0.39 is 0 Å². The number of hydrogen-bond donors (Lipinski definition) is 2. The number of benzene rings is 1. The van der Waals surface area contributed by atoms with Crippen molar-refractivity contribution in [2.75, 3.05) is 32.4 Å². The molecule has 124 valence electrons. The number of para-hydroxylation sites is 1. The average molecular weight is 331 g/mol. The zero-order chi connectivity index (χ0) is 16.1. The predicted molar refractivity (Wildman–Crippen MR) is 101 cm³/mol. The van der Waals surface area contributed by atoms with Crippen molar-refractivity contribution in [3.05, 3.63) is 36.0 Å². The van der Waals surface area contributed by atoms with Crippen LogP contribution in [0.1, 0.15) is 18.9 Å². The molecule has 2 N–H and O–H groups in total. The number of aromatic amines is 1. The molecule has 0 bridgehead atoms. The van der Waals surface area contributed by atoms with Gasteiger partial charge in [-0.3, -0.25) is 4.99 Å². The van der Waals surface area contributed by atoms with Crippen LogP contribution in [0.2, 0.25) is 0 Å². The van der Waals surface area contributed by atoms with Gasteiger partial charge in [0.15, 0.2) is 5.96 Å². The normalized spacial score (nSPS) is 19.3. The summed E-state index contributed by atoms with van der Waals surface area (Å²) in [5.74, 6) is 2.24. The molecule has 1 aromatic heterocycles. The molecule has 2 heterocycles. The first-order valence-electron chi connectivity index (χ1n) is 8.44. The fourth-order valence-corrected chi connectivity index (χ4v) is 4.32. The molecule has 1 aliphatic heterocycles. The van der Waals surface area contributed by atoms with E-state index in [4.69, 9.17) is 0 Å². The molecule has 23 heavy (non-hydrogen) atoms. The van der Waals surface area contributed by atoms with E-state index in [1.54, 1.807) is 0 Å². The molecule has 1 fully saturated rings. The van der Waals surface area contributed by atoms with Crippen LogP contribution in [0.5, 0.6) is 0 Å². The minimum Gasteiger partial charge on any atom is -0.361 e. The minimum absolute atomic E-state index is 0.732. The Bertz CT molecular complexity index is 664. The number of thioether (sulfide) groups is 1. The topological polar surface area (TPSA) is 43.4 Å². The largest absolute Gasteiger partial charge is 0.361 e. The number of fused-ring (bicyclic) bond motifs is 1. The van der Waals surface area contributed by atoms with E-state index >= 15 is 0 Å². The lowest BCUT2D eigenvalue weighted by Crippen LogP contribution is -2.48. The summed E-state index contributed by atoms with van der Waals surface area (Å²) < 4.78 is 0. The third-order valence-corrected chi connectivity index (χ3v) is 5.83. The monoisotopic (exact) mass is 330 g/mol. The second-order valence-corrected chi connectivity index (χ2v) is 7.34. The Labute approximate surface area is 142 Å². The second-order valence-electron chi connectivity index (χ2n) is 5.93. The lowest BCUT2D eigenvalue weighted by atomic mass is 10.1. The smallest absolute Gasteiger partial charge is 0.193 e. The number of hydrogen-bond acceptors (Lipinski definition) is 2. The van der Waals surface area contributed by atoms with E-state index in [1.165, 1.54) is 28.6 Å². The third-order valence-electron chi connectivity index (χ3n) is 4.46. The van der Waals surface area contributed by atoms with Crippen LogP contribution in [-0.4, -0.2) is 53.5 Å². The number of aromatic nitrogens is 1. The summed E-state index contributed by atoms with van der Waals surface area (Å²) in [5, 5.41) is 5.60. The molecule has 0 aliphatic carbocycles. The Morgan fingerprint density at radius 3 is 3.13 bits per heavy atom. The number of aliphatic imine (C=N–C) groups is 1. The summed E-state index contributed by atoms with van der Waals surface area (Å²) in [6, 6.07) is 8.48. The highest BCUT2D eigenvalue weighted by Gasteiger charge is 2.21. The van der Waals surface area contributed by atoms with Crippen molar-refractivity contribution in [2.45, 2.75) is 25.0 Å². The predicted octanol–water partition coefficient (Wildman–Crippen LogP) is 3.11. The van der Waals surface area contributed by atoms with Gasteiger partial charge in [0, 0.05) is 54.8 Å². The standard InChI is InChI=1S/C18H26N4S/c1-3-15-13-22(10-11-23-15)18(19-2)20-9-8-14-12-21-17-7-5-4-6-16(14)17/h4-7,12,15,21H,3,8-11,13H2,1-2H3,(H,19,20). The van der Waals surface area contributed by atoms with Gasteiger partial charge in [-0.15, -0.1) is 0 Å². The maximum absolute atomic E-state index is 4.48. The molecule has 2 aromatic rings. The molecule has 1 aromatic carbocycles. The summed E-state index contributed by atoms with van der Waals surface area (Å²) in [4.78, 5) is 10.2. The van der Waals surface area contributed by atoms with Gasteiger partial charge in [-0.1, -0.05) is 25.1 Å². The van der Waals surface area contributed by atoms with Crippen LogP contribution in [0.4, 0.5) is 0 Å². The average Bonchev–Trinajstić information content (AvgIpc) is 3.02. The molecular formula is C18H26N4S. The van der Waals surface area contributed by atoms with Crippen LogP contribution in [0, 0.1) is 0 Å². The summed E-state index contributed by atoms with van der Waals surface area (Å²) in [6.07, 6.45) is 4.36. The second kappa shape index (κ2) is 7.77. The zero-order valence-electron chi connectivity index (χ0n) is 14.0. The molecule has 3 rings (SSSR count). The van der Waals surface area contributed by atoms with Crippen LogP contribution >= 0.6 is 11.8 Å². The van der Waals surface area contributed by atoms with E-state index in [0.717, 1.165) is 37.3 Å². The van der Waals surface area contributed by atoms with E-state index in [2.05, 4.69) is 69.3 Å². The molecular weight excluding hydrogens is 304 g/mol. The molecule has 1 saturated heterocycles. The first kappa shape index (κ1) is 16.2. The molecule has 5 heteroatoms. The number of guanidine groups is 1. The van der Waals surface area contributed by atoms with Gasteiger partial charge in [0.1, 0.15) is 0 Å². The summed E-state index contributed by atoms with van der Waals surface area (Å²) in [7, 11) is 1.89. The SMILES string of the molecule is CCC1CN(C(=NC)NCCc2c[nH]c3ccccc23)CCS1. The fourth-order valence-electron chi connectivity index (χ4n) is 3.14. The maximum atomic E-state index is 4.48. The first-order chi connectivity index (χ1) is 11.3. The highest BCUT2D eigenvalue weighted by Crippen LogP contribution is 2.21. The van der Waals surface area contributed by atoms with Crippen molar-refractivity contribution in [1.29, 1.82) is 0 Å². The fraction of sp³-hybridized carbons (Fsp3) is 0.500. The third kappa shape index (κ3) is 3.83. The molecule has 0 amide bonds. The van der Waals surface area contributed by atoms with Crippen molar-refractivity contribution in [1.82, 2.24) is 15.2 Å². The van der Waals surface area contributed by atoms with Crippen molar-refractivity contribution in [2.24, 2.45) is 4.99 Å². The molecule has 0 saturated carbocycles. The van der Waals surface area contributed by atoms with Crippen LogP contribution in [-0.2, 0) is 6.42 Å². The van der Waals surface area contributed by atoms with Gasteiger partial charge in [-0.05, 0) is 24.5 Å². The molecule has 1 atom stereocenters. The minimum atomic E-state index is 0.732. The molecule has 0 radical (unpaired) electrons. The lowest BCUT2D eigenvalue weighted by molar-refractivity contribution is 0.408.